The molecule has 0 saturated carbocycles. The number of rotatable bonds is 7. The lowest BCUT2D eigenvalue weighted by atomic mass is 9.84. The lowest BCUT2D eigenvalue weighted by molar-refractivity contribution is -0.162. The molecule has 1 saturated heterocycles. The Morgan fingerprint density at radius 1 is 1.50 bits per heavy atom. The van der Waals surface area contributed by atoms with Crippen LogP contribution in [0.3, 0.4) is 0 Å². The third-order valence-electron chi connectivity index (χ3n) is 3.36. The van der Waals surface area contributed by atoms with Crippen LogP contribution in [0.1, 0.15) is 40.0 Å². The number of hydrogen-bond acceptors (Lipinski definition) is 5. The fourth-order valence-electron chi connectivity index (χ4n) is 2.73. The highest BCUT2D eigenvalue weighted by Crippen LogP contribution is 2.30. The van der Waals surface area contributed by atoms with Crippen molar-refractivity contribution in [1.82, 2.24) is 5.32 Å². The molecule has 1 aliphatic heterocycles. The molecule has 1 aliphatic rings. The third-order valence-corrected chi connectivity index (χ3v) is 3.36. The van der Waals surface area contributed by atoms with Crippen LogP contribution >= 0.6 is 0 Å². The van der Waals surface area contributed by atoms with Crippen LogP contribution in [0.4, 0.5) is 0 Å². The predicted molar refractivity (Wildman–Crippen MR) is 75.2 cm³/mol. The molecule has 0 amide bonds. The minimum absolute atomic E-state index is 0.00721. The number of hydrogen-bond donors (Lipinski definition) is 1. The van der Waals surface area contributed by atoms with Gasteiger partial charge in [-0.3, -0.25) is 4.79 Å². The van der Waals surface area contributed by atoms with Crippen LogP contribution in [0.5, 0.6) is 0 Å². The summed E-state index contributed by atoms with van der Waals surface area (Å²) in [7, 11) is 0. The molecular formula is C13H24N4O3. The zero-order valence-electron chi connectivity index (χ0n) is 12.5. The van der Waals surface area contributed by atoms with Crippen LogP contribution < -0.4 is 5.32 Å². The molecule has 114 valence electrons. The van der Waals surface area contributed by atoms with E-state index >= 15 is 0 Å². The predicted octanol–water partition coefficient (Wildman–Crippen LogP) is 2.17. The van der Waals surface area contributed by atoms with E-state index in [1.54, 1.807) is 6.92 Å². The molecule has 0 radical (unpaired) electrons. The van der Waals surface area contributed by atoms with E-state index in [0.717, 1.165) is 0 Å². The van der Waals surface area contributed by atoms with E-state index < -0.39 is 5.54 Å². The van der Waals surface area contributed by atoms with Crippen molar-refractivity contribution in [3.05, 3.63) is 10.4 Å². The number of ether oxygens (including phenoxy) is 2. The van der Waals surface area contributed by atoms with E-state index in [1.807, 2.05) is 13.8 Å². The molecule has 0 bridgehead atoms. The molecular weight excluding hydrogens is 260 g/mol. The van der Waals surface area contributed by atoms with Crippen molar-refractivity contribution < 1.29 is 14.3 Å². The maximum absolute atomic E-state index is 12.3. The Balaban J connectivity index is 2.68. The van der Waals surface area contributed by atoms with Gasteiger partial charge in [-0.25, -0.2) is 0 Å². The minimum atomic E-state index is -0.691. The van der Waals surface area contributed by atoms with Gasteiger partial charge >= 0.3 is 5.97 Å². The average molecular weight is 284 g/mol. The molecule has 2 atom stereocenters. The molecule has 1 heterocycles. The van der Waals surface area contributed by atoms with Gasteiger partial charge in [-0.15, -0.1) is 0 Å². The van der Waals surface area contributed by atoms with Crippen molar-refractivity contribution in [1.29, 1.82) is 0 Å². The molecule has 0 aromatic rings. The van der Waals surface area contributed by atoms with Crippen molar-refractivity contribution in [3.63, 3.8) is 0 Å². The Hall–Kier alpha value is -1.30. The molecule has 1 N–H and O–H groups in total. The van der Waals surface area contributed by atoms with E-state index in [2.05, 4.69) is 15.3 Å². The molecule has 7 heteroatoms. The van der Waals surface area contributed by atoms with Gasteiger partial charge in [0.1, 0.15) is 5.54 Å². The monoisotopic (exact) mass is 284 g/mol. The second-order valence-corrected chi connectivity index (χ2v) is 5.20. The Morgan fingerprint density at radius 2 is 2.15 bits per heavy atom. The number of nitrogens with zero attached hydrogens (tertiary/aromatic N) is 3. The molecule has 1 rings (SSSR count). The van der Waals surface area contributed by atoms with Gasteiger partial charge in [0.15, 0.2) is 0 Å². The number of azide groups is 1. The summed E-state index contributed by atoms with van der Waals surface area (Å²) in [5, 5.41) is 6.79. The maximum atomic E-state index is 12.3. The van der Waals surface area contributed by atoms with Gasteiger partial charge in [-0.2, -0.15) is 0 Å². The molecule has 0 aliphatic carbocycles. The highest BCUT2D eigenvalue weighted by Gasteiger charge is 2.45. The van der Waals surface area contributed by atoms with E-state index in [4.69, 9.17) is 15.0 Å². The van der Waals surface area contributed by atoms with Gasteiger partial charge in [0.25, 0.3) is 0 Å². The van der Waals surface area contributed by atoms with Gasteiger partial charge in [0, 0.05) is 24.3 Å². The smallest absolute Gasteiger partial charge is 0.326 e. The van der Waals surface area contributed by atoms with Crippen molar-refractivity contribution in [2.45, 2.75) is 57.8 Å². The highest BCUT2D eigenvalue weighted by molar-refractivity contribution is 5.81. The average Bonchev–Trinajstić information content (AvgIpc) is 2.37. The first kappa shape index (κ1) is 16.8. The van der Waals surface area contributed by atoms with Gasteiger partial charge in [0.05, 0.1) is 18.8 Å². The van der Waals surface area contributed by atoms with Crippen LogP contribution in [0.2, 0.25) is 0 Å². The maximum Gasteiger partial charge on any atom is 0.326 e. The molecule has 0 aromatic carbocycles. The third kappa shape index (κ3) is 4.67. The van der Waals surface area contributed by atoms with E-state index in [-0.39, 0.29) is 18.2 Å². The van der Waals surface area contributed by atoms with Crippen LogP contribution in [-0.2, 0) is 14.3 Å². The summed E-state index contributed by atoms with van der Waals surface area (Å²) >= 11 is 0. The SMILES string of the molecule is CCOC(=O)C1(NCCCN=[N+]=[N-])CC(C)OC(C)C1. The van der Waals surface area contributed by atoms with Crippen LogP contribution in [0.25, 0.3) is 10.4 Å². The topological polar surface area (TPSA) is 96.3 Å². The van der Waals surface area contributed by atoms with Crippen LogP contribution in [0.15, 0.2) is 5.11 Å². The number of nitrogens with one attached hydrogen (secondary N) is 1. The first-order chi connectivity index (χ1) is 9.54. The summed E-state index contributed by atoms with van der Waals surface area (Å²) in [5.74, 6) is -0.217. The Kier molecular flexibility index (Phi) is 6.78. The summed E-state index contributed by atoms with van der Waals surface area (Å²) < 4.78 is 10.9. The largest absolute Gasteiger partial charge is 0.465 e. The molecule has 0 spiro atoms. The first-order valence-electron chi connectivity index (χ1n) is 7.12. The first-order valence-corrected chi connectivity index (χ1v) is 7.12. The number of esters is 1. The summed E-state index contributed by atoms with van der Waals surface area (Å²) in [6.07, 6.45) is 1.89. The lowest BCUT2D eigenvalue weighted by Crippen LogP contribution is -2.59. The Labute approximate surface area is 119 Å². The second-order valence-electron chi connectivity index (χ2n) is 5.20. The zero-order chi connectivity index (χ0) is 15.0. The van der Waals surface area contributed by atoms with Gasteiger partial charge in [-0.1, -0.05) is 5.11 Å². The molecule has 1 fully saturated rings. The zero-order valence-corrected chi connectivity index (χ0v) is 12.5. The highest BCUT2D eigenvalue weighted by atomic mass is 16.5. The normalized spacial score (nSPS) is 29.6. The molecule has 7 nitrogen and oxygen atoms in total. The summed E-state index contributed by atoms with van der Waals surface area (Å²) in [6, 6.07) is 0. The standard InChI is InChI=1S/C13H24N4O3/c1-4-19-12(18)13(15-6-5-7-16-17-14)8-10(2)20-11(3)9-13/h10-11,15H,4-9H2,1-3H3. The van der Waals surface area contributed by atoms with E-state index in [9.17, 15) is 4.79 Å². The van der Waals surface area contributed by atoms with Crippen molar-refractivity contribution in [2.24, 2.45) is 5.11 Å². The molecule has 2 unspecified atom stereocenters. The second kappa shape index (κ2) is 8.09. The van der Waals surface area contributed by atoms with Gasteiger partial charge in [-0.05, 0) is 39.3 Å². The van der Waals surface area contributed by atoms with Gasteiger partial charge in [0.2, 0.25) is 0 Å². The summed E-state index contributed by atoms with van der Waals surface area (Å²) in [5.41, 5.74) is 7.55. The van der Waals surface area contributed by atoms with Crippen LogP contribution in [0, 0.1) is 0 Å². The molecule has 0 aromatic heterocycles. The van der Waals surface area contributed by atoms with Crippen molar-refractivity contribution in [2.75, 3.05) is 19.7 Å². The fourth-order valence-corrected chi connectivity index (χ4v) is 2.73. The lowest BCUT2D eigenvalue weighted by Gasteiger charge is -2.41. The van der Waals surface area contributed by atoms with Crippen molar-refractivity contribution >= 4 is 5.97 Å². The molecule has 20 heavy (non-hydrogen) atoms. The van der Waals surface area contributed by atoms with Crippen LogP contribution in [-0.4, -0.2) is 43.4 Å². The van der Waals surface area contributed by atoms with E-state index in [0.29, 0.717) is 39.0 Å². The van der Waals surface area contributed by atoms with Crippen molar-refractivity contribution in [3.8, 4) is 0 Å². The number of carbonyl (C=O) groups is 1. The fraction of sp³-hybridized carbons (Fsp3) is 0.923. The van der Waals surface area contributed by atoms with Gasteiger partial charge < -0.3 is 14.8 Å². The Morgan fingerprint density at radius 3 is 2.70 bits per heavy atom. The minimum Gasteiger partial charge on any atom is -0.465 e. The summed E-state index contributed by atoms with van der Waals surface area (Å²) in [4.78, 5) is 15.0. The summed E-state index contributed by atoms with van der Waals surface area (Å²) in [6.45, 7) is 7.13. The van der Waals surface area contributed by atoms with E-state index in [1.165, 1.54) is 0 Å². The quantitative estimate of drug-likeness (QED) is 0.255. The number of carbonyl (C=O) groups excluding carboxylic acids is 1. The Bertz CT molecular complexity index is 359.